The van der Waals surface area contributed by atoms with Crippen molar-refractivity contribution in [2.45, 2.75) is 101 Å². The van der Waals surface area contributed by atoms with Crippen molar-refractivity contribution < 1.29 is 29.1 Å². The summed E-state index contributed by atoms with van der Waals surface area (Å²) < 4.78 is 1.68. The first kappa shape index (κ1) is 32.6. The Morgan fingerprint density at radius 1 is 1.02 bits per heavy atom. The van der Waals surface area contributed by atoms with Gasteiger partial charge in [0.15, 0.2) is 0 Å². The Bertz CT molecular complexity index is 1320. The quantitative estimate of drug-likeness (QED) is 0.307. The van der Waals surface area contributed by atoms with Crippen molar-refractivity contribution in [3.05, 3.63) is 47.8 Å². The molecule has 0 aliphatic carbocycles. The van der Waals surface area contributed by atoms with Crippen molar-refractivity contribution in [3.63, 3.8) is 0 Å². The number of nitrogens with one attached hydrogen (secondary N) is 3. The van der Waals surface area contributed by atoms with Gasteiger partial charge in [-0.2, -0.15) is 0 Å². The van der Waals surface area contributed by atoms with Crippen molar-refractivity contribution in [2.24, 2.45) is 5.73 Å². The van der Waals surface area contributed by atoms with E-state index < -0.39 is 59.8 Å². The molecule has 2 aromatic rings. The molecule has 4 rings (SSSR count). The van der Waals surface area contributed by atoms with Gasteiger partial charge in [-0.3, -0.25) is 23.9 Å². The van der Waals surface area contributed by atoms with E-state index in [0.29, 0.717) is 58.0 Å². The molecular formula is C30H42N8O6. The van der Waals surface area contributed by atoms with Crippen LogP contribution in [0.2, 0.25) is 0 Å². The lowest BCUT2D eigenvalue weighted by Gasteiger charge is -2.30. The van der Waals surface area contributed by atoms with E-state index in [1.54, 1.807) is 10.9 Å². The predicted molar refractivity (Wildman–Crippen MR) is 159 cm³/mol. The van der Waals surface area contributed by atoms with E-state index in [1.807, 2.05) is 30.3 Å². The van der Waals surface area contributed by atoms with Crippen LogP contribution in [0, 0.1) is 0 Å². The molecule has 2 aliphatic heterocycles. The molecule has 4 amide bonds. The Balaban J connectivity index is 1.61. The molecule has 2 aliphatic rings. The third-order valence-corrected chi connectivity index (χ3v) is 8.04. The Labute approximate surface area is 256 Å². The molecule has 1 aromatic carbocycles. The predicted octanol–water partition coefficient (Wildman–Crippen LogP) is -0.0954. The van der Waals surface area contributed by atoms with Crippen LogP contribution in [0.3, 0.4) is 0 Å². The summed E-state index contributed by atoms with van der Waals surface area (Å²) in [4.78, 5) is 67.0. The van der Waals surface area contributed by atoms with Crippen molar-refractivity contribution in [2.75, 3.05) is 6.54 Å². The zero-order chi connectivity index (χ0) is 31.6. The van der Waals surface area contributed by atoms with Crippen LogP contribution in [-0.4, -0.2) is 91.4 Å². The summed E-state index contributed by atoms with van der Waals surface area (Å²) in [6.07, 6.45) is 5.58. The van der Waals surface area contributed by atoms with Gasteiger partial charge < -0.3 is 31.7 Å². The number of hydrogen-bond acceptors (Lipinski definition) is 8. The summed E-state index contributed by atoms with van der Waals surface area (Å²) >= 11 is 0. The van der Waals surface area contributed by atoms with Crippen molar-refractivity contribution >= 4 is 29.6 Å². The average Bonchev–Trinajstić information content (AvgIpc) is 3.67. The third kappa shape index (κ3) is 8.85. The summed E-state index contributed by atoms with van der Waals surface area (Å²) in [5.74, 6) is -3.17. The van der Waals surface area contributed by atoms with E-state index in [9.17, 15) is 29.1 Å². The molecule has 44 heavy (non-hydrogen) atoms. The third-order valence-electron chi connectivity index (χ3n) is 8.04. The van der Waals surface area contributed by atoms with Crippen LogP contribution in [0.15, 0.2) is 36.5 Å². The van der Waals surface area contributed by atoms with E-state index in [4.69, 9.17) is 5.73 Å². The standard InChI is InChI=1S/C30H42N8O6/c1-19(31)26(39)32-22-13-7-11-21-18-37(36-35-21)15-6-5-12-23(30(43)44)33-27(40)24(17-20-9-3-2-4-10-20)34-28(41)25-14-8-16-38(25)29(22)42/h2-4,9-10,18-19,22-25H,5-8,11-17,31H2,1H3,(H,32,39)(H,33,40)(H,34,41)(H,43,44)/t19-,22-,23-,24-,25-/m0/s1. The van der Waals surface area contributed by atoms with Crippen LogP contribution in [0.1, 0.15) is 63.1 Å². The van der Waals surface area contributed by atoms with Crippen LogP contribution < -0.4 is 21.7 Å². The monoisotopic (exact) mass is 610 g/mol. The fraction of sp³-hybridized carbons (Fsp3) is 0.567. The molecule has 1 saturated heterocycles. The first-order valence-electron chi connectivity index (χ1n) is 15.2. The number of amides is 4. The van der Waals surface area contributed by atoms with Gasteiger partial charge in [-0.25, -0.2) is 4.79 Å². The molecule has 0 spiro atoms. The summed E-state index contributed by atoms with van der Waals surface area (Å²) in [5, 5.41) is 26.3. The number of hydrogen-bond donors (Lipinski definition) is 5. The highest BCUT2D eigenvalue weighted by molar-refractivity contribution is 5.95. The molecular weight excluding hydrogens is 568 g/mol. The molecule has 0 unspecified atom stereocenters. The summed E-state index contributed by atoms with van der Waals surface area (Å²) in [5.41, 5.74) is 7.27. The SMILES string of the molecule is C[C@H](N)C(=O)N[C@H]1CCCc2cn(nn2)CCCC[C@@H](C(=O)O)NC(=O)[C@H](Cc2ccccc2)NC(=O)[C@@H]2CCCN2C1=O. The fourth-order valence-corrected chi connectivity index (χ4v) is 5.59. The second kappa shape index (κ2) is 15.4. The molecule has 5 atom stereocenters. The number of benzene rings is 1. The Kier molecular flexibility index (Phi) is 11.4. The van der Waals surface area contributed by atoms with Crippen LogP contribution >= 0.6 is 0 Å². The first-order chi connectivity index (χ1) is 21.1. The average molecular weight is 611 g/mol. The second-order valence-electron chi connectivity index (χ2n) is 11.6. The summed E-state index contributed by atoms with van der Waals surface area (Å²) in [6, 6.07) is 4.29. The second-order valence-corrected chi connectivity index (χ2v) is 11.6. The Hall–Kier alpha value is -4.33. The lowest BCUT2D eigenvalue weighted by atomic mass is 10.0. The van der Waals surface area contributed by atoms with Crippen LogP contribution in [-0.2, 0) is 43.4 Å². The number of nitrogens with two attached hydrogens (primary N) is 1. The number of carbonyl (C=O) groups excluding carboxylic acids is 4. The van der Waals surface area contributed by atoms with Gasteiger partial charge >= 0.3 is 5.97 Å². The number of fused-ring (bicyclic) bond motifs is 3. The molecule has 14 nitrogen and oxygen atoms in total. The molecule has 0 radical (unpaired) electrons. The van der Waals surface area contributed by atoms with E-state index in [0.717, 1.165) is 11.3 Å². The zero-order valence-corrected chi connectivity index (χ0v) is 25.0. The lowest BCUT2D eigenvalue weighted by molar-refractivity contribution is -0.143. The number of carboxylic acid groups (broad SMARTS) is 1. The fourth-order valence-electron chi connectivity index (χ4n) is 5.59. The Morgan fingerprint density at radius 2 is 1.80 bits per heavy atom. The highest BCUT2D eigenvalue weighted by Crippen LogP contribution is 2.21. The van der Waals surface area contributed by atoms with E-state index >= 15 is 0 Å². The molecule has 14 heteroatoms. The number of carbonyl (C=O) groups is 5. The van der Waals surface area contributed by atoms with Crippen molar-refractivity contribution in [3.8, 4) is 0 Å². The van der Waals surface area contributed by atoms with E-state index in [2.05, 4.69) is 26.3 Å². The minimum Gasteiger partial charge on any atom is -0.480 e. The molecule has 2 bridgehead atoms. The molecule has 1 aromatic heterocycles. The molecule has 0 saturated carbocycles. The maximum atomic E-state index is 13.8. The van der Waals surface area contributed by atoms with Gasteiger partial charge in [0.25, 0.3) is 0 Å². The van der Waals surface area contributed by atoms with Crippen molar-refractivity contribution in [1.82, 2.24) is 35.8 Å². The van der Waals surface area contributed by atoms with E-state index in [-0.39, 0.29) is 12.8 Å². The highest BCUT2D eigenvalue weighted by atomic mass is 16.4. The van der Waals surface area contributed by atoms with Gasteiger partial charge in [0.1, 0.15) is 24.2 Å². The molecule has 238 valence electrons. The zero-order valence-electron chi connectivity index (χ0n) is 25.0. The Morgan fingerprint density at radius 3 is 2.52 bits per heavy atom. The van der Waals surface area contributed by atoms with Gasteiger partial charge in [-0.1, -0.05) is 35.5 Å². The van der Waals surface area contributed by atoms with Gasteiger partial charge in [0.05, 0.1) is 11.7 Å². The van der Waals surface area contributed by atoms with Gasteiger partial charge in [0.2, 0.25) is 23.6 Å². The largest absolute Gasteiger partial charge is 0.480 e. The molecule has 6 N–H and O–H groups in total. The van der Waals surface area contributed by atoms with Crippen LogP contribution in [0.25, 0.3) is 0 Å². The van der Waals surface area contributed by atoms with Crippen LogP contribution in [0.5, 0.6) is 0 Å². The van der Waals surface area contributed by atoms with Crippen molar-refractivity contribution in [1.29, 1.82) is 0 Å². The van der Waals surface area contributed by atoms with E-state index in [1.165, 1.54) is 11.8 Å². The number of aryl methyl sites for hydroxylation is 2. The lowest BCUT2D eigenvalue weighted by Crippen LogP contribution is -2.58. The summed E-state index contributed by atoms with van der Waals surface area (Å²) in [6.45, 7) is 2.36. The number of nitrogens with zero attached hydrogens (tertiary/aromatic N) is 4. The normalized spacial score (nSPS) is 24.9. The maximum absolute atomic E-state index is 13.8. The first-order valence-corrected chi connectivity index (χ1v) is 15.2. The number of rotatable bonds is 5. The molecule has 3 heterocycles. The number of aliphatic carboxylic acids is 1. The van der Waals surface area contributed by atoms with Gasteiger partial charge in [-0.15, -0.1) is 5.10 Å². The van der Waals surface area contributed by atoms with Gasteiger partial charge in [0, 0.05) is 25.7 Å². The summed E-state index contributed by atoms with van der Waals surface area (Å²) in [7, 11) is 0. The minimum atomic E-state index is -1.17. The smallest absolute Gasteiger partial charge is 0.326 e. The minimum absolute atomic E-state index is 0.132. The molecule has 1 fully saturated rings. The number of carboxylic acids is 1. The van der Waals surface area contributed by atoms with Gasteiger partial charge in [-0.05, 0) is 63.9 Å². The topological polar surface area (TPSA) is 202 Å². The van der Waals surface area contributed by atoms with Crippen LogP contribution in [0.4, 0.5) is 0 Å². The highest BCUT2D eigenvalue weighted by Gasteiger charge is 2.39. The maximum Gasteiger partial charge on any atom is 0.326 e. The number of aromatic nitrogens is 3.